The van der Waals surface area contributed by atoms with Gasteiger partial charge < -0.3 is 4.74 Å². The van der Waals surface area contributed by atoms with Gasteiger partial charge in [-0.05, 0) is 12.1 Å². The van der Waals surface area contributed by atoms with Crippen LogP contribution in [0.5, 0.6) is 0 Å². The Labute approximate surface area is 91.2 Å². The van der Waals surface area contributed by atoms with Crippen molar-refractivity contribution in [3.05, 3.63) is 29.0 Å². The molecule has 0 aliphatic carbocycles. The van der Waals surface area contributed by atoms with Crippen LogP contribution >= 0.6 is 11.6 Å². The largest absolute Gasteiger partial charge is 0.393 e. The molecule has 1 aromatic heterocycles. The van der Waals surface area contributed by atoms with Gasteiger partial charge in [-0.15, -0.1) is 0 Å². The topological polar surface area (TPSA) is 56.3 Å². The maximum atomic E-state index is 11.0. The summed E-state index contributed by atoms with van der Waals surface area (Å²) >= 11 is 5.69. The molecule has 0 amide bonds. The van der Waals surface area contributed by atoms with E-state index >= 15 is 0 Å². The molecule has 1 fully saturated rings. The lowest BCUT2D eigenvalue weighted by Crippen LogP contribution is -2.24. The molecule has 0 N–H and O–H groups in total. The number of hydrogen-bond acceptors (Lipinski definition) is 4. The van der Waals surface area contributed by atoms with Gasteiger partial charge in [-0.1, -0.05) is 11.6 Å². The van der Waals surface area contributed by atoms with Gasteiger partial charge in [0.1, 0.15) is 0 Å². The molecule has 5 heteroatoms. The van der Waals surface area contributed by atoms with Crippen LogP contribution in [0.3, 0.4) is 0 Å². The van der Waals surface area contributed by atoms with Crippen molar-refractivity contribution in [1.82, 2.24) is 4.98 Å². The fourth-order valence-electron chi connectivity index (χ4n) is 1.52. The second kappa shape index (κ2) is 3.98. The Kier molecular flexibility index (Phi) is 2.68. The average molecular weight is 226 g/mol. The first-order valence-corrected chi connectivity index (χ1v) is 4.88. The number of rotatable bonds is 1. The molecule has 2 heterocycles. The van der Waals surface area contributed by atoms with E-state index in [2.05, 4.69) is 9.72 Å². The molecule has 0 atom stereocenters. The number of aromatic nitrogens is 1. The molecule has 0 unspecified atom stereocenters. The van der Waals surface area contributed by atoms with Crippen molar-refractivity contribution < 1.29 is 14.3 Å². The molecule has 0 bridgehead atoms. The van der Waals surface area contributed by atoms with Crippen LogP contribution < -0.4 is 0 Å². The normalized spacial score (nSPS) is 17.7. The summed E-state index contributed by atoms with van der Waals surface area (Å²) in [7, 11) is 0. The first kappa shape index (κ1) is 10.1. The van der Waals surface area contributed by atoms with Crippen LogP contribution in [0, 0.1) is 0 Å². The third-order valence-corrected chi connectivity index (χ3v) is 2.45. The number of cyclic esters (lactones) is 2. The zero-order valence-corrected chi connectivity index (χ0v) is 8.53. The van der Waals surface area contributed by atoms with Crippen LogP contribution in [0.2, 0.25) is 5.02 Å². The Hall–Kier alpha value is -1.42. The Morgan fingerprint density at radius 3 is 2.47 bits per heavy atom. The van der Waals surface area contributed by atoms with E-state index in [-0.39, 0.29) is 18.8 Å². The quantitative estimate of drug-likeness (QED) is 0.539. The highest BCUT2D eigenvalue weighted by Crippen LogP contribution is 2.27. The van der Waals surface area contributed by atoms with Gasteiger partial charge in [0.05, 0.1) is 17.9 Å². The van der Waals surface area contributed by atoms with Crippen molar-refractivity contribution in [2.45, 2.75) is 18.8 Å². The first-order valence-electron chi connectivity index (χ1n) is 4.50. The fraction of sp³-hybridized carbons (Fsp3) is 0.300. The molecular formula is C10H8ClNO3. The van der Waals surface area contributed by atoms with E-state index in [4.69, 9.17) is 11.6 Å². The predicted octanol–water partition coefficient (Wildman–Crippen LogP) is 1.68. The number of carbonyl (C=O) groups is 2. The molecule has 4 nitrogen and oxygen atoms in total. The molecule has 1 aliphatic rings. The molecular weight excluding hydrogens is 218 g/mol. The number of halogens is 1. The number of ether oxygens (including phenoxy) is 1. The van der Waals surface area contributed by atoms with Gasteiger partial charge in [0.15, 0.2) is 0 Å². The second-order valence-electron chi connectivity index (χ2n) is 3.35. The highest BCUT2D eigenvalue weighted by molar-refractivity contribution is 6.30. The third kappa shape index (κ3) is 2.33. The number of esters is 2. The minimum absolute atomic E-state index is 0.184. The Morgan fingerprint density at radius 2 is 1.93 bits per heavy atom. The molecule has 2 rings (SSSR count). The van der Waals surface area contributed by atoms with E-state index < -0.39 is 11.9 Å². The van der Waals surface area contributed by atoms with E-state index in [1.165, 1.54) is 6.20 Å². The number of pyridine rings is 1. The van der Waals surface area contributed by atoms with E-state index in [0.29, 0.717) is 10.7 Å². The number of hydrogen-bond donors (Lipinski definition) is 0. The van der Waals surface area contributed by atoms with E-state index in [1.807, 2.05) is 0 Å². The van der Waals surface area contributed by atoms with Crippen molar-refractivity contribution in [3.8, 4) is 0 Å². The van der Waals surface area contributed by atoms with Crippen LogP contribution in [0.15, 0.2) is 18.3 Å². The minimum Gasteiger partial charge on any atom is -0.393 e. The Morgan fingerprint density at radius 1 is 1.27 bits per heavy atom. The summed E-state index contributed by atoms with van der Waals surface area (Å²) in [5.74, 6) is -1.17. The van der Waals surface area contributed by atoms with Crippen molar-refractivity contribution >= 4 is 23.5 Å². The summed E-state index contributed by atoms with van der Waals surface area (Å²) in [4.78, 5) is 26.1. The summed E-state index contributed by atoms with van der Waals surface area (Å²) in [6.45, 7) is 0. The van der Waals surface area contributed by atoms with E-state index in [9.17, 15) is 9.59 Å². The lowest BCUT2D eigenvalue weighted by Gasteiger charge is -2.18. The van der Waals surface area contributed by atoms with Gasteiger partial charge >= 0.3 is 11.9 Å². The lowest BCUT2D eigenvalue weighted by atomic mass is 9.95. The molecule has 15 heavy (non-hydrogen) atoms. The third-order valence-electron chi connectivity index (χ3n) is 2.22. The van der Waals surface area contributed by atoms with Gasteiger partial charge in [0, 0.05) is 17.8 Å². The Bertz CT molecular complexity index is 386. The molecule has 0 radical (unpaired) electrons. The molecule has 1 aromatic rings. The Balaban J connectivity index is 2.19. The monoisotopic (exact) mass is 225 g/mol. The minimum atomic E-state index is -0.493. The summed E-state index contributed by atoms with van der Waals surface area (Å²) in [5, 5.41) is 0.531. The van der Waals surface area contributed by atoms with Gasteiger partial charge in [0.25, 0.3) is 0 Å². The lowest BCUT2D eigenvalue weighted by molar-refractivity contribution is -0.164. The fourth-order valence-corrected chi connectivity index (χ4v) is 1.63. The molecule has 78 valence electrons. The second-order valence-corrected chi connectivity index (χ2v) is 3.79. The van der Waals surface area contributed by atoms with Crippen molar-refractivity contribution in [2.24, 2.45) is 0 Å². The summed E-state index contributed by atoms with van der Waals surface area (Å²) in [5.41, 5.74) is 0.699. The van der Waals surface area contributed by atoms with E-state index in [0.717, 1.165) is 0 Å². The molecule has 0 spiro atoms. The van der Waals surface area contributed by atoms with Crippen LogP contribution in [0.4, 0.5) is 0 Å². The molecule has 1 aliphatic heterocycles. The predicted molar refractivity (Wildman–Crippen MR) is 52.3 cm³/mol. The highest BCUT2D eigenvalue weighted by Gasteiger charge is 2.28. The van der Waals surface area contributed by atoms with Crippen LogP contribution in [-0.4, -0.2) is 16.9 Å². The van der Waals surface area contributed by atoms with Crippen LogP contribution in [0.25, 0.3) is 0 Å². The van der Waals surface area contributed by atoms with Crippen LogP contribution in [-0.2, 0) is 14.3 Å². The van der Waals surface area contributed by atoms with Gasteiger partial charge in [-0.25, -0.2) is 0 Å². The zero-order valence-electron chi connectivity index (χ0n) is 7.77. The maximum absolute atomic E-state index is 11.0. The van der Waals surface area contributed by atoms with Crippen molar-refractivity contribution in [2.75, 3.05) is 0 Å². The van der Waals surface area contributed by atoms with Gasteiger partial charge in [-0.2, -0.15) is 0 Å². The van der Waals surface area contributed by atoms with Crippen molar-refractivity contribution in [1.29, 1.82) is 0 Å². The molecule has 0 saturated carbocycles. The van der Waals surface area contributed by atoms with Crippen LogP contribution in [0.1, 0.15) is 24.5 Å². The van der Waals surface area contributed by atoms with Gasteiger partial charge in [0.2, 0.25) is 0 Å². The summed E-state index contributed by atoms with van der Waals surface area (Å²) < 4.78 is 4.43. The van der Waals surface area contributed by atoms with Crippen molar-refractivity contribution in [3.63, 3.8) is 0 Å². The summed E-state index contributed by atoms with van der Waals surface area (Å²) in [6, 6.07) is 3.41. The van der Waals surface area contributed by atoms with E-state index in [1.54, 1.807) is 12.1 Å². The zero-order chi connectivity index (χ0) is 10.8. The smallest absolute Gasteiger partial charge is 0.314 e. The maximum Gasteiger partial charge on any atom is 0.314 e. The molecule has 1 saturated heterocycles. The number of nitrogens with zero attached hydrogens (tertiary/aromatic N) is 1. The average Bonchev–Trinajstić information content (AvgIpc) is 2.17. The number of carbonyl (C=O) groups excluding carboxylic acids is 2. The SMILES string of the molecule is O=C1CC(c2ccc(Cl)cn2)CC(=O)O1. The standard InChI is InChI=1S/C10H8ClNO3/c11-7-1-2-8(12-5-7)6-3-9(13)15-10(14)4-6/h1-2,5-6H,3-4H2. The van der Waals surface area contributed by atoms with Gasteiger partial charge in [-0.3, -0.25) is 14.6 Å². The summed E-state index contributed by atoms with van der Waals surface area (Å²) in [6.07, 6.45) is 1.89. The highest BCUT2D eigenvalue weighted by atomic mass is 35.5. The first-order chi connectivity index (χ1) is 7.15. The molecule has 0 aromatic carbocycles.